The molecule has 1 aromatic heterocycles. The largest absolute Gasteiger partial charge is 0.465 e. The lowest BCUT2D eigenvalue weighted by molar-refractivity contribution is -0.187. The molecule has 0 unspecified atom stereocenters. The van der Waals surface area contributed by atoms with Crippen molar-refractivity contribution in [1.29, 1.82) is 0 Å². The maximum Gasteiger partial charge on any atom is 0.256 e. The summed E-state index contributed by atoms with van der Waals surface area (Å²) in [6, 6.07) is 2.10. The lowest BCUT2D eigenvalue weighted by atomic mass is 9.75. The quantitative estimate of drug-likeness (QED) is 0.847. The first-order valence-electron chi connectivity index (χ1n) is 8.93. The monoisotopic (exact) mass is 334 g/mol. The molecule has 1 amide bonds. The molecule has 3 fully saturated rings. The maximum absolute atomic E-state index is 13.1. The third-order valence-electron chi connectivity index (χ3n) is 5.70. The van der Waals surface area contributed by atoms with Gasteiger partial charge in [-0.05, 0) is 44.7 Å². The summed E-state index contributed by atoms with van der Waals surface area (Å²) < 4.78 is 11.7. The minimum atomic E-state index is -0.459. The Labute approximate surface area is 142 Å². The van der Waals surface area contributed by atoms with Gasteiger partial charge in [0.2, 0.25) is 0 Å². The van der Waals surface area contributed by atoms with Crippen molar-refractivity contribution >= 4 is 5.91 Å². The number of hydroxylamine groups is 2. The number of carbonyl (C=O) groups excluding carboxylic acids is 1. The summed E-state index contributed by atoms with van der Waals surface area (Å²) in [5.74, 6) is 2.06. The summed E-state index contributed by atoms with van der Waals surface area (Å²) >= 11 is 0. The number of fused-ring (bicyclic) bond motifs is 1. The van der Waals surface area contributed by atoms with Crippen molar-refractivity contribution in [3.63, 3.8) is 0 Å². The van der Waals surface area contributed by atoms with Crippen molar-refractivity contribution in [2.45, 2.75) is 45.8 Å². The molecule has 6 heteroatoms. The van der Waals surface area contributed by atoms with E-state index in [4.69, 9.17) is 14.0 Å². The minimum absolute atomic E-state index is 0.0190. The van der Waals surface area contributed by atoms with E-state index in [0.29, 0.717) is 19.8 Å². The van der Waals surface area contributed by atoms with Gasteiger partial charge in [-0.1, -0.05) is 0 Å². The number of rotatable bonds is 3. The molecule has 0 aromatic carbocycles. The summed E-state index contributed by atoms with van der Waals surface area (Å²) in [6.07, 6.45) is 2.61. The predicted molar refractivity (Wildman–Crippen MR) is 87.1 cm³/mol. The molecule has 0 N–H and O–H groups in total. The fourth-order valence-corrected chi connectivity index (χ4v) is 4.27. The van der Waals surface area contributed by atoms with Crippen molar-refractivity contribution in [1.82, 2.24) is 9.96 Å². The third kappa shape index (κ3) is 2.66. The molecule has 0 saturated carbocycles. The van der Waals surface area contributed by atoms with E-state index < -0.39 is 5.41 Å². The van der Waals surface area contributed by atoms with Crippen molar-refractivity contribution in [3.8, 4) is 0 Å². The van der Waals surface area contributed by atoms with Crippen LogP contribution in [-0.4, -0.2) is 54.8 Å². The average Bonchev–Trinajstić information content (AvgIpc) is 3.28. The topological polar surface area (TPSA) is 55.2 Å². The van der Waals surface area contributed by atoms with Gasteiger partial charge >= 0.3 is 0 Å². The van der Waals surface area contributed by atoms with Crippen LogP contribution in [0.5, 0.6) is 0 Å². The molecule has 0 aliphatic carbocycles. The van der Waals surface area contributed by atoms with Crippen LogP contribution < -0.4 is 0 Å². The highest BCUT2D eigenvalue weighted by Gasteiger charge is 2.55. The number of aryl methyl sites for hydroxylation is 2. The summed E-state index contributed by atoms with van der Waals surface area (Å²) in [6.45, 7) is 8.45. The van der Waals surface area contributed by atoms with Gasteiger partial charge in [-0.2, -0.15) is 0 Å². The van der Waals surface area contributed by atoms with E-state index in [0.717, 1.165) is 50.4 Å². The van der Waals surface area contributed by atoms with Crippen LogP contribution >= 0.6 is 0 Å². The zero-order valence-corrected chi connectivity index (χ0v) is 14.5. The highest BCUT2D eigenvalue weighted by Crippen LogP contribution is 2.43. The number of piperidine rings is 1. The van der Waals surface area contributed by atoms with Crippen LogP contribution in [0.1, 0.15) is 36.3 Å². The number of furan rings is 1. The van der Waals surface area contributed by atoms with Gasteiger partial charge in [-0.15, -0.1) is 0 Å². The number of likely N-dealkylation sites (tertiary alicyclic amines) is 1. The number of carbonyl (C=O) groups is 1. The fraction of sp³-hybridized carbons (Fsp3) is 0.722. The van der Waals surface area contributed by atoms with Gasteiger partial charge in [-0.25, -0.2) is 5.06 Å². The molecule has 4 heterocycles. The molecule has 4 rings (SSSR count). The Balaban J connectivity index is 1.52. The van der Waals surface area contributed by atoms with Crippen molar-refractivity contribution in [3.05, 3.63) is 23.2 Å². The Kier molecular flexibility index (Phi) is 4.14. The Morgan fingerprint density at radius 2 is 2.21 bits per heavy atom. The van der Waals surface area contributed by atoms with E-state index in [9.17, 15) is 4.79 Å². The van der Waals surface area contributed by atoms with E-state index >= 15 is 0 Å². The lowest BCUT2D eigenvalue weighted by Gasteiger charge is -2.43. The first-order chi connectivity index (χ1) is 11.6. The van der Waals surface area contributed by atoms with Crippen LogP contribution in [0.2, 0.25) is 0 Å². The normalized spacial score (nSPS) is 30.8. The molecule has 0 spiro atoms. The fourth-order valence-electron chi connectivity index (χ4n) is 4.27. The molecule has 0 radical (unpaired) electrons. The Morgan fingerprint density at radius 3 is 2.92 bits per heavy atom. The van der Waals surface area contributed by atoms with Crippen molar-refractivity contribution < 1.29 is 18.8 Å². The van der Waals surface area contributed by atoms with E-state index in [1.807, 2.05) is 6.92 Å². The van der Waals surface area contributed by atoms with Crippen LogP contribution in [-0.2, 0) is 20.9 Å². The van der Waals surface area contributed by atoms with Gasteiger partial charge in [0.05, 0.1) is 31.2 Å². The minimum Gasteiger partial charge on any atom is -0.465 e. The van der Waals surface area contributed by atoms with Gasteiger partial charge in [0.25, 0.3) is 5.91 Å². The summed E-state index contributed by atoms with van der Waals surface area (Å²) in [7, 11) is 0. The first kappa shape index (κ1) is 16.1. The van der Waals surface area contributed by atoms with Gasteiger partial charge in [0.1, 0.15) is 11.5 Å². The highest BCUT2D eigenvalue weighted by molar-refractivity contribution is 5.83. The van der Waals surface area contributed by atoms with Crippen molar-refractivity contribution in [2.24, 2.45) is 5.41 Å². The van der Waals surface area contributed by atoms with E-state index in [1.54, 1.807) is 5.06 Å². The molecular formula is C18H26N2O4. The highest BCUT2D eigenvalue weighted by atomic mass is 16.7. The van der Waals surface area contributed by atoms with Crippen LogP contribution in [0.3, 0.4) is 0 Å². The van der Waals surface area contributed by atoms with Gasteiger partial charge < -0.3 is 9.15 Å². The molecule has 1 aromatic rings. The average molecular weight is 334 g/mol. The molecule has 24 heavy (non-hydrogen) atoms. The Bertz CT molecular complexity index is 603. The SMILES string of the molecule is Cc1cc(CN2CC[C@H]3OCC[C@@]3(C(=O)N3CCCO3)C2)oc1C. The molecule has 3 saturated heterocycles. The maximum atomic E-state index is 13.1. The standard InChI is InChI=1S/C18H26N2O4/c1-13-10-15(24-14(13)2)11-19-7-4-16-18(12-19,5-9-22-16)17(21)20-6-3-8-23-20/h10,16H,3-9,11-12H2,1-2H3/t16-,18-/m1/s1. The van der Waals surface area contributed by atoms with Gasteiger partial charge in [-0.3, -0.25) is 14.5 Å². The van der Waals surface area contributed by atoms with Crippen LogP contribution in [0, 0.1) is 19.3 Å². The zero-order valence-electron chi connectivity index (χ0n) is 14.5. The van der Waals surface area contributed by atoms with Gasteiger partial charge in [0, 0.05) is 19.7 Å². The second kappa shape index (κ2) is 6.17. The molecule has 6 nitrogen and oxygen atoms in total. The first-order valence-corrected chi connectivity index (χ1v) is 8.93. The molecule has 3 aliphatic heterocycles. The predicted octanol–water partition coefficient (Wildman–Crippen LogP) is 2.04. The lowest BCUT2D eigenvalue weighted by Crippen LogP contribution is -2.57. The van der Waals surface area contributed by atoms with E-state index in [1.165, 1.54) is 5.56 Å². The smallest absolute Gasteiger partial charge is 0.256 e. The van der Waals surface area contributed by atoms with Crippen LogP contribution in [0.15, 0.2) is 10.5 Å². The third-order valence-corrected chi connectivity index (χ3v) is 5.70. The Morgan fingerprint density at radius 1 is 1.33 bits per heavy atom. The summed E-state index contributed by atoms with van der Waals surface area (Å²) in [5, 5.41) is 1.58. The number of nitrogens with zero attached hydrogens (tertiary/aromatic N) is 2. The number of hydrogen-bond acceptors (Lipinski definition) is 5. The second-order valence-corrected chi connectivity index (χ2v) is 7.31. The van der Waals surface area contributed by atoms with Crippen LogP contribution in [0.25, 0.3) is 0 Å². The zero-order chi connectivity index (χ0) is 16.7. The number of ether oxygens (including phenoxy) is 1. The molecule has 0 bridgehead atoms. The molecule has 3 aliphatic rings. The Hall–Kier alpha value is -1.37. The molecule has 2 atom stereocenters. The summed E-state index contributed by atoms with van der Waals surface area (Å²) in [4.78, 5) is 21.0. The number of hydrogen-bond donors (Lipinski definition) is 0. The molecule has 132 valence electrons. The van der Waals surface area contributed by atoms with Crippen LogP contribution in [0.4, 0.5) is 0 Å². The number of amides is 1. The van der Waals surface area contributed by atoms with Crippen molar-refractivity contribution in [2.75, 3.05) is 32.8 Å². The summed E-state index contributed by atoms with van der Waals surface area (Å²) in [5.41, 5.74) is 0.722. The molecular weight excluding hydrogens is 308 g/mol. The van der Waals surface area contributed by atoms with Gasteiger partial charge in [0.15, 0.2) is 0 Å². The van der Waals surface area contributed by atoms with E-state index in [2.05, 4.69) is 17.9 Å². The van der Waals surface area contributed by atoms with E-state index in [-0.39, 0.29) is 12.0 Å². The second-order valence-electron chi connectivity index (χ2n) is 7.31.